The largest absolute Gasteiger partial charge is 0.350 e. The third kappa shape index (κ3) is 4.30. The smallest absolute Gasteiger partial charge is 0.262 e. The van der Waals surface area contributed by atoms with Crippen molar-refractivity contribution < 1.29 is 22.8 Å². The average molecular weight is 470 g/mol. The Balaban J connectivity index is 1.45. The monoisotopic (exact) mass is 469 g/mol. The number of amides is 3. The van der Waals surface area contributed by atoms with E-state index in [-0.39, 0.29) is 17.4 Å². The number of fused-ring (bicyclic) bond motifs is 1. The zero-order valence-electron chi connectivity index (χ0n) is 18.7. The van der Waals surface area contributed by atoms with Crippen LogP contribution >= 0.6 is 0 Å². The van der Waals surface area contributed by atoms with E-state index in [1.807, 2.05) is 0 Å². The molecule has 1 fully saturated rings. The van der Waals surface area contributed by atoms with Gasteiger partial charge in [-0.25, -0.2) is 8.42 Å². The quantitative estimate of drug-likeness (QED) is 0.627. The van der Waals surface area contributed by atoms with Gasteiger partial charge in [0.2, 0.25) is 15.9 Å². The molecule has 2 aromatic carbocycles. The third-order valence-electron chi connectivity index (χ3n) is 6.10. The van der Waals surface area contributed by atoms with Crippen molar-refractivity contribution in [2.45, 2.75) is 44.2 Å². The first-order chi connectivity index (χ1) is 15.7. The van der Waals surface area contributed by atoms with E-state index in [2.05, 4.69) is 5.32 Å². The fourth-order valence-corrected chi connectivity index (χ4v) is 5.85. The van der Waals surface area contributed by atoms with Gasteiger partial charge in [-0.1, -0.05) is 38.1 Å². The van der Waals surface area contributed by atoms with E-state index in [0.717, 1.165) is 17.7 Å². The molecule has 1 N–H and O–H groups in total. The lowest BCUT2D eigenvalue weighted by Crippen LogP contribution is -2.52. The second-order valence-electron chi connectivity index (χ2n) is 8.69. The van der Waals surface area contributed by atoms with Crippen molar-refractivity contribution in [3.05, 3.63) is 65.2 Å². The van der Waals surface area contributed by atoms with Gasteiger partial charge >= 0.3 is 0 Å². The molecule has 174 valence electrons. The maximum absolute atomic E-state index is 13.0. The van der Waals surface area contributed by atoms with Crippen LogP contribution in [-0.2, 0) is 21.4 Å². The van der Waals surface area contributed by atoms with Crippen LogP contribution in [0.1, 0.15) is 53.0 Å². The van der Waals surface area contributed by atoms with Gasteiger partial charge in [-0.2, -0.15) is 4.31 Å². The number of nitrogens with zero attached hydrogens (tertiary/aromatic N) is 2. The van der Waals surface area contributed by atoms with Gasteiger partial charge < -0.3 is 5.32 Å². The van der Waals surface area contributed by atoms with E-state index >= 15 is 0 Å². The molecule has 1 unspecified atom stereocenters. The Bertz CT molecular complexity index is 1150. The molecule has 0 aliphatic carbocycles. The van der Waals surface area contributed by atoms with Crippen LogP contribution in [0.5, 0.6) is 0 Å². The maximum atomic E-state index is 13.0. The number of carbonyl (C=O) groups excluding carboxylic acids is 3. The fraction of sp³-hybridized carbons (Fsp3) is 0.375. The standard InChI is InChI=1S/C24H27N3O5S/c1-16(2)21(27-23(29)19-7-3-4-8-20(19)24(27)30)22(28)25-15-17-9-11-18(12-10-17)33(31,32)26-13-5-6-14-26/h3-4,7-12,16,21H,5-6,13-15H2,1-2H3,(H,25,28). The minimum absolute atomic E-state index is 0.148. The molecule has 2 aliphatic heterocycles. The summed E-state index contributed by atoms with van der Waals surface area (Å²) in [7, 11) is -3.50. The van der Waals surface area contributed by atoms with Gasteiger partial charge in [0.25, 0.3) is 11.8 Å². The minimum atomic E-state index is -3.50. The summed E-state index contributed by atoms with van der Waals surface area (Å²) in [5.41, 5.74) is 1.32. The minimum Gasteiger partial charge on any atom is -0.350 e. The number of carbonyl (C=O) groups is 3. The lowest BCUT2D eigenvalue weighted by molar-refractivity contribution is -0.126. The van der Waals surface area contributed by atoms with Gasteiger partial charge in [0.05, 0.1) is 16.0 Å². The molecule has 2 heterocycles. The summed E-state index contributed by atoms with van der Waals surface area (Å²) in [5, 5.41) is 2.79. The fourth-order valence-electron chi connectivity index (χ4n) is 4.33. The Morgan fingerprint density at radius 3 is 2.00 bits per heavy atom. The first kappa shape index (κ1) is 23.1. The summed E-state index contributed by atoms with van der Waals surface area (Å²) in [4.78, 5) is 40.0. The van der Waals surface area contributed by atoms with Gasteiger partial charge in [0.15, 0.2) is 0 Å². The van der Waals surface area contributed by atoms with Crippen molar-refractivity contribution >= 4 is 27.7 Å². The Kier molecular flexibility index (Phi) is 6.36. The van der Waals surface area contributed by atoms with E-state index in [1.54, 1.807) is 62.4 Å². The summed E-state index contributed by atoms with van der Waals surface area (Å²) >= 11 is 0. The third-order valence-corrected chi connectivity index (χ3v) is 8.01. The molecular formula is C24H27N3O5S. The van der Waals surface area contributed by atoms with Gasteiger partial charge in [-0.05, 0) is 48.6 Å². The lowest BCUT2D eigenvalue weighted by atomic mass is 10.0. The van der Waals surface area contributed by atoms with Crippen molar-refractivity contribution in [2.75, 3.05) is 13.1 Å². The van der Waals surface area contributed by atoms with Crippen LogP contribution in [0, 0.1) is 5.92 Å². The Morgan fingerprint density at radius 1 is 0.939 bits per heavy atom. The molecular weight excluding hydrogens is 442 g/mol. The summed E-state index contributed by atoms with van der Waals surface area (Å²) in [6, 6.07) is 12.0. The van der Waals surface area contributed by atoms with Gasteiger partial charge in [-0.3, -0.25) is 19.3 Å². The summed E-state index contributed by atoms with van der Waals surface area (Å²) < 4.78 is 26.8. The van der Waals surface area contributed by atoms with Crippen LogP contribution in [0.2, 0.25) is 0 Å². The van der Waals surface area contributed by atoms with E-state index in [4.69, 9.17) is 0 Å². The van der Waals surface area contributed by atoms with Crippen LogP contribution in [0.25, 0.3) is 0 Å². The normalized spacial score (nSPS) is 17.5. The second-order valence-corrected chi connectivity index (χ2v) is 10.6. The molecule has 2 aliphatic rings. The summed E-state index contributed by atoms with van der Waals surface area (Å²) in [6.07, 6.45) is 1.74. The molecule has 0 spiro atoms. The highest BCUT2D eigenvalue weighted by Crippen LogP contribution is 2.27. The molecule has 1 atom stereocenters. The molecule has 8 nitrogen and oxygen atoms in total. The molecule has 4 rings (SSSR count). The number of nitrogens with one attached hydrogen (secondary N) is 1. The molecule has 0 radical (unpaired) electrons. The van der Waals surface area contributed by atoms with E-state index in [9.17, 15) is 22.8 Å². The van der Waals surface area contributed by atoms with Crippen LogP contribution in [0.3, 0.4) is 0 Å². The lowest BCUT2D eigenvalue weighted by Gasteiger charge is -2.28. The van der Waals surface area contributed by atoms with Crippen LogP contribution in [0.15, 0.2) is 53.4 Å². The number of sulfonamides is 1. The molecule has 0 bridgehead atoms. The molecule has 9 heteroatoms. The Morgan fingerprint density at radius 2 is 1.48 bits per heavy atom. The highest BCUT2D eigenvalue weighted by molar-refractivity contribution is 7.89. The summed E-state index contributed by atoms with van der Waals surface area (Å²) in [6.45, 7) is 4.79. The van der Waals surface area contributed by atoms with Gasteiger partial charge in [0.1, 0.15) is 6.04 Å². The number of benzene rings is 2. The maximum Gasteiger partial charge on any atom is 0.262 e. The van der Waals surface area contributed by atoms with Gasteiger partial charge in [0, 0.05) is 19.6 Å². The number of hydrogen-bond acceptors (Lipinski definition) is 5. The number of hydrogen-bond donors (Lipinski definition) is 1. The van der Waals surface area contributed by atoms with Crippen LogP contribution < -0.4 is 5.32 Å². The van der Waals surface area contributed by atoms with E-state index in [0.29, 0.717) is 29.8 Å². The van der Waals surface area contributed by atoms with Crippen LogP contribution in [-0.4, -0.2) is 54.5 Å². The second kappa shape index (κ2) is 9.07. The Labute approximate surface area is 193 Å². The predicted molar refractivity (Wildman–Crippen MR) is 122 cm³/mol. The van der Waals surface area contributed by atoms with E-state index in [1.165, 1.54) is 4.31 Å². The topological polar surface area (TPSA) is 104 Å². The highest BCUT2D eigenvalue weighted by Gasteiger charge is 2.43. The van der Waals surface area contributed by atoms with Crippen molar-refractivity contribution in [3.8, 4) is 0 Å². The number of imide groups is 1. The molecule has 3 amide bonds. The van der Waals surface area contributed by atoms with Crippen molar-refractivity contribution in [1.82, 2.24) is 14.5 Å². The van der Waals surface area contributed by atoms with Crippen molar-refractivity contribution in [3.63, 3.8) is 0 Å². The molecule has 1 saturated heterocycles. The van der Waals surface area contributed by atoms with Gasteiger partial charge in [-0.15, -0.1) is 0 Å². The van der Waals surface area contributed by atoms with Crippen molar-refractivity contribution in [1.29, 1.82) is 0 Å². The molecule has 0 aromatic heterocycles. The predicted octanol–water partition coefficient (Wildman–Crippen LogP) is 2.41. The zero-order chi connectivity index (χ0) is 23.8. The average Bonchev–Trinajstić information content (AvgIpc) is 3.43. The van der Waals surface area contributed by atoms with Crippen molar-refractivity contribution in [2.24, 2.45) is 5.92 Å². The summed E-state index contributed by atoms with van der Waals surface area (Å²) in [5.74, 6) is -1.67. The first-order valence-electron chi connectivity index (χ1n) is 11.1. The first-order valence-corrected chi connectivity index (χ1v) is 12.5. The number of rotatable bonds is 7. The van der Waals surface area contributed by atoms with Crippen LogP contribution in [0.4, 0.5) is 0 Å². The molecule has 33 heavy (non-hydrogen) atoms. The zero-order valence-corrected chi connectivity index (χ0v) is 19.5. The molecule has 0 saturated carbocycles. The SMILES string of the molecule is CC(C)C(C(=O)NCc1ccc(S(=O)(=O)N2CCCC2)cc1)N1C(=O)c2ccccc2C1=O. The Hall–Kier alpha value is -3.04. The van der Waals surface area contributed by atoms with E-state index < -0.39 is 33.8 Å². The highest BCUT2D eigenvalue weighted by atomic mass is 32.2. The molecule has 2 aromatic rings.